The Morgan fingerprint density at radius 3 is 2.17 bits per heavy atom. The standard InChI is InChI=1S/C34H45N3O5/c1-9-34(7,8)37(31(40)28(19-22(2)3)36-32(41)42-33(4,5)6)29(25-15-12-16-27(38)21-25)30(39)35-26-18-17-23-13-10-11-14-24(23)20-26/h10-18,20-22,28-29,38H,9,19H2,1-8H3,(H,35,39)(H,36,41). The third kappa shape index (κ3) is 8.47. The third-order valence-corrected chi connectivity index (χ3v) is 7.16. The van der Waals surface area contributed by atoms with Crippen LogP contribution < -0.4 is 10.6 Å². The number of rotatable bonds is 10. The Balaban J connectivity index is 2.10. The summed E-state index contributed by atoms with van der Waals surface area (Å²) in [6.45, 7) is 14.9. The number of aromatic hydroxyl groups is 1. The molecular formula is C34H45N3O5. The van der Waals surface area contributed by atoms with Gasteiger partial charge in [-0.25, -0.2) is 4.79 Å². The molecule has 0 heterocycles. The zero-order chi connectivity index (χ0) is 31.2. The lowest BCUT2D eigenvalue weighted by atomic mass is 9.90. The normalized spacial score (nSPS) is 13.4. The fraction of sp³-hybridized carbons (Fsp3) is 0.441. The van der Waals surface area contributed by atoms with Crippen molar-refractivity contribution in [3.8, 4) is 5.75 Å². The van der Waals surface area contributed by atoms with Crippen LogP contribution in [0.25, 0.3) is 10.8 Å². The molecule has 3 aromatic rings. The molecule has 0 bridgehead atoms. The minimum Gasteiger partial charge on any atom is -0.508 e. The minimum absolute atomic E-state index is 0.0247. The Bertz CT molecular complexity index is 1410. The van der Waals surface area contributed by atoms with Crippen LogP contribution in [0.15, 0.2) is 66.7 Å². The zero-order valence-electron chi connectivity index (χ0n) is 26.0. The molecule has 3 N–H and O–H groups in total. The lowest BCUT2D eigenvalue weighted by Gasteiger charge is -2.44. The largest absolute Gasteiger partial charge is 0.508 e. The number of carbonyl (C=O) groups is 3. The van der Waals surface area contributed by atoms with Crippen molar-refractivity contribution in [3.63, 3.8) is 0 Å². The fourth-order valence-corrected chi connectivity index (χ4v) is 4.85. The number of hydrogen-bond donors (Lipinski definition) is 3. The average molecular weight is 576 g/mol. The average Bonchev–Trinajstić information content (AvgIpc) is 2.89. The Morgan fingerprint density at radius 2 is 1.57 bits per heavy atom. The van der Waals surface area contributed by atoms with E-state index in [2.05, 4.69) is 10.6 Å². The summed E-state index contributed by atoms with van der Waals surface area (Å²) in [6, 6.07) is 17.8. The van der Waals surface area contributed by atoms with Gasteiger partial charge < -0.3 is 25.4 Å². The molecule has 0 aromatic heterocycles. The highest BCUT2D eigenvalue weighted by Crippen LogP contribution is 2.35. The maximum absolute atomic E-state index is 14.5. The predicted molar refractivity (Wildman–Crippen MR) is 167 cm³/mol. The quantitative estimate of drug-likeness (QED) is 0.237. The summed E-state index contributed by atoms with van der Waals surface area (Å²) in [7, 11) is 0. The van der Waals surface area contributed by atoms with E-state index < -0.39 is 41.1 Å². The molecule has 0 saturated heterocycles. The lowest BCUT2D eigenvalue weighted by molar-refractivity contribution is -0.148. The highest BCUT2D eigenvalue weighted by atomic mass is 16.6. The van der Waals surface area contributed by atoms with Crippen LogP contribution in [0.2, 0.25) is 0 Å². The second-order valence-electron chi connectivity index (χ2n) is 12.8. The molecule has 0 radical (unpaired) electrons. The summed E-state index contributed by atoms with van der Waals surface area (Å²) in [5.41, 5.74) is -0.527. The molecule has 8 heteroatoms. The maximum Gasteiger partial charge on any atom is 0.408 e. The number of nitrogens with one attached hydrogen (secondary N) is 2. The van der Waals surface area contributed by atoms with Crippen molar-refractivity contribution in [2.75, 3.05) is 5.32 Å². The molecule has 2 unspecified atom stereocenters. The van der Waals surface area contributed by atoms with Crippen molar-refractivity contribution in [3.05, 3.63) is 72.3 Å². The van der Waals surface area contributed by atoms with Gasteiger partial charge in [0.2, 0.25) is 5.91 Å². The summed E-state index contributed by atoms with van der Waals surface area (Å²) >= 11 is 0. The molecule has 3 amide bonds. The number of amides is 3. The molecule has 0 aliphatic heterocycles. The topological polar surface area (TPSA) is 108 Å². The molecule has 0 fully saturated rings. The van der Waals surface area contributed by atoms with Gasteiger partial charge in [-0.3, -0.25) is 9.59 Å². The summed E-state index contributed by atoms with van der Waals surface area (Å²) < 4.78 is 5.48. The number of alkyl carbamates (subject to hydrolysis) is 1. The van der Waals surface area contributed by atoms with Gasteiger partial charge in [-0.15, -0.1) is 0 Å². The van der Waals surface area contributed by atoms with Crippen molar-refractivity contribution >= 4 is 34.4 Å². The van der Waals surface area contributed by atoms with Crippen LogP contribution in [-0.2, 0) is 14.3 Å². The van der Waals surface area contributed by atoms with Gasteiger partial charge in [-0.2, -0.15) is 0 Å². The first kappa shape index (κ1) is 32.4. The maximum atomic E-state index is 14.5. The van der Waals surface area contributed by atoms with Gasteiger partial charge in [-0.05, 0) is 94.0 Å². The van der Waals surface area contributed by atoms with Crippen molar-refractivity contribution in [1.82, 2.24) is 10.2 Å². The van der Waals surface area contributed by atoms with Crippen molar-refractivity contribution in [2.24, 2.45) is 5.92 Å². The molecule has 0 spiro atoms. The Labute approximate surface area is 249 Å². The van der Waals surface area contributed by atoms with E-state index in [0.29, 0.717) is 24.1 Å². The summed E-state index contributed by atoms with van der Waals surface area (Å²) in [5, 5.41) is 18.2. The van der Waals surface area contributed by atoms with Gasteiger partial charge in [0.15, 0.2) is 0 Å². The molecule has 0 aliphatic carbocycles. The Kier molecular flexibility index (Phi) is 10.3. The van der Waals surface area contributed by atoms with Gasteiger partial charge in [0, 0.05) is 11.2 Å². The molecule has 3 aromatic carbocycles. The Morgan fingerprint density at radius 1 is 0.905 bits per heavy atom. The van der Waals surface area contributed by atoms with Gasteiger partial charge in [0.25, 0.3) is 5.91 Å². The van der Waals surface area contributed by atoms with Crippen LogP contribution in [0, 0.1) is 5.92 Å². The number of anilines is 1. The van der Waals surface area contributed by atoms with Crippen molar-refractivity contribution < 1.29 is 24.2 Å². The van der Waals surface area contributed by atoms with Crippen molar-refractivity contribution in [1.29, 1.82) is 0 Å². The number of phenols is 1. The van der Waals surface area contributed by atoms with Gasteiger partial charge in [0.1, 0.15) is 23.4 Å². The van der Waals surface area contributed by atoms with Crippen LogP contribution in [0.4, 0.5) is 10.5 Å². The number of benzene rings is 3. The van der Waals surface area contributed by atoms with E-state index in [1.165, 1.54) is 12.1 Å². The summed E-state index contributed by atoms with van der Waals surface area (Å²) in [5.74, 6) is -0.816. The highest BCUT2D eigenvalue weighted by molar-refractivity contribution is 6.00. The number of phenolic OH excluding ortho intramolecular Hbond substituents is 1. The summed E-state index contributed by atoms with van der Waals surface area (Å²) in [6.07, 6.45) is 0.163. The van der Waals surface area contributed by atoms with Crippen LogP contribution >= 0.6 is 0 Å². The van der Waals surface area contributed by atoms with E-state index in [4.69, 9.17) is 4.74 Å². The van der Waals surface area contributed by atoms with E-state index in [9.17, 15) is 19.5 Å². The van der Waals surface area contributed by atoms with Crippen LogP contribution in [0.3, 0.4) is 0 Å². The zero-order valence-corrected chi connectivity index (χ0v) is 26.0. The van der Waals surface area contributed by atoms with E-state index >= 15 is 0 Å². The Hall–Kier alpha value is -4.07. The minimum atomic E-state index is -1.11. The first-order chi connectivity index (χ1) is 19.6. The number of ether oxygens (including phenoxy) is 1. The number of nitrogens with zero attached hydrogens (tertiary/aromatic N) is 1. The third-order valence-electron chi connectivity index (χ3n) is 7.16. The molecule has 0 saturated carbocycles. The molecule has 0 aliphatic rings. The van der Waals surface area contributed by atoms with E-state index in [-0.39, 0.29) is 11.7 Å². The van der Waals surface area contributed by atoms with Gasteiger partial charge in [0.05, 0.1) is 0 Å². The molecule has 42 heavy (non-hydrogen) atoms. The summed E-state index contributed by atoms with van der Waals surface area (Å²) in [4.78, 5) is 43.1. The second kappa shape index (κ2) is 13.3. The number of hydrogen-bond acceptors (Lipinski definition) is 5. The highest BCUT2D eigenvalue weighted by Gasteiger charge is 2.43. The molecule has 2 atom stereocenters. The first-order valence-corrected chi connectivity index (χ1v) is 14.5. The van der Waals surface area contributed by atoms with Crippen LogP contribution in [-0.4, -0.2) is 45.1 Å². The van der Waals surface area contributed by atoms with Crippen molar-refractivity contribution in [2.45, 2.75) is 91.5 Å². The molecule has 8 nitrogen and oxygen atoms in total. The molecular weight excluding hydrogens is 530 g/mol. The SMILES string of the molecule is CCC(C)(C)N(C(=O)C(CC(C)C)NC(=O)OC(C)(C)C)C(C(=O)Nc1ccc2ccccc2c1)c1cccc(O)c1. The van der Waals surface area contributed by atoms with E-state index in [1.54, 1.807) is 37.8 Å². The second-order valence-corrected chi connectivity index (χ2v) is 12.8. The molecule has 3 rings (SSSR count). The van der Waals surface area contributed by atoms with E-state index in [0.717, 1.165) is 10.8 Å². The fourth-order valence-electron chi connectivity index (χ4n) is 4.85. The first-order valence-electron chi connectivity index (χ1n) is 14.5. The lowest BCUT2D eigenvalue weighted by Crippen LogP contribution is -2.59. The smallest absolute Gasteiger partial charge is 0.408 e. The number of fused-ring (bicyclic) bond motifs is 1. The number of carbonyl (C=O) groups excluding carboxylic acids is 3. The molecule has 226 valence electrons. The van der Waals surface area contributed by atoms with Gasteiger partial charge in [-0.1, -0.05) is 63.2 Å². The van der Waals surface area contributed by atoms with Crippen LogP contribution in [0.5, 0.6) is 5.75 Å². The van der Waals surface area contributed by atoms with E-state index in [1.807, 2.05) is 77.1 Å². The predicted octanol–water partition coefficient (Wildman–Crippen LogP) is 7.18. The van der Waals surface area contributed by atoms with Gasteiger partial charge >= 0.3 is 6.09 Å². The van der Waals surface area contributed by atoms with Crippen LogP contribution in [0.1, 0.15) is 79.8 Å². The monoisotopic (exact) mass is 575 g/mol.